The maximum absolute atomic E-state index is 16.2. The summed E-state index contributed by atoms with van der Waals surface area (Å²) in [5.41, 5.74) is 9.19. The van der Waals surface area contributed by atoms with Crippen molar-refractivity contribution in [3.8, 4) is 5.69 Å². The number of pyridine rings is 2. The van der Waals surface area contributed by atoms with Crippen LogP contribution in [0.15, 0.2) is 71.8 Å². The second-order valence-electron chi connectivity index (χ2n) is 22.0. The third-order valence-corrected chi connectivity index (χ3v) is 17.1. The fourth-order valence-corrected chi connectivity index (χ4v) is 12.8. The Morgan fingerprint density at radius 1 is 0.932 bits per heavy atom. The van der Waals surface area contributed by atoms with Gasteiger partial charge in [-0.1, -0.05) is 18.2 Å². The topological polar surface area (TPSA) is 148 Å². The average molecular weight is 991 g/mol. The van der Waals surface area contributed by atoms with Gasteiger partial charge in [0.1, 0.15) is 17.5 Å². The van der Waals surface area contributed by atoms with Crippen LogP contribution in [0, 0.1) is 18.7 Å². The first-order valence-corrected chi connectivity index (χ1v) is 26.3. The maximum atomic E-state index is 16.2. The Balaban J connectivity index is 0.674. The van der Waals surface area contributed by atoms with Crippen molar-refractivity contribution in [2.45, 2.75) is 103 Å². The molecular weight excluding hydrogens is 924 g/mol. The summed E-state index contributed by atoms with van der Waals surface area (Å²) in [6, 6.07) is 15.2. The molecule has 0 spiro atoms. The first-order valence-electron chi connectivity index (χ1n) is 26.3. The van der Waals surface area contributed by atoms with E-state index in [9.17, 15) is 24.0 Å². The van der Waals surface area contributed by atoms with Gasteiger partial charge in [0.25, 0.3) is 11.5 Å². The summed E-state index contributed by atoms with van der Waals surface area (Å²) in [6.07, 6.45) is 9.47. The van der Waals surface area contributed by atoms with Crippen LogP contribution in [0.2, 0.25) is 0 Å². The van der Waals surface area contributed by atoms with E-state index in [1.165, 1.54) is 6.07 Å². The number of halogens is 1. The predicted octanol–water partition coefficient (Wildman–Crippen LogP) is 6.48. The Hall–Kier alpha value is -6.49. The molecule has 0 bridgehead atoms. The lowest BCUT2D eigenvalue weighted by Gasteiger charge is -2.42. The van der Waals surface area contributed by atoms with Crippen LogP contribution in [0.4, 0.5) is 15.8 Å². The second kappa shape index (κ2) is 19.1. The number of rotatable bonds is 10. The van der Waals surface area contributed by atoms with Gasteiger partial charge in [-0.15, -0.1) is 0 Å². The molecule has 0 saturated carbocycles. The number of aromatic nitrogens is 3. The molecule has 16 heteroatoms. The Kier molecular flexibility index (Phi) is 12.7. The first kappa shape index (κ1) is 48.8. The Morgan fingerprint density at radius 2 is 1.74 bits per heavy atom. The van der Waals surface area contributed by atoms with E-state index in [-0.39, 0.29) is 41.6 Å². The normalized spacial score (nSPS) is 22.3. The highest BCUT2D eigenvalue weighted by Crippen LogP contribution is 2.44. The molecule has 5 aromatic rings. The summed E-state index contributed by atoms with van der Waals surface area (Å²) < 4.78 is 20.0. The molecule has 15 nitrogen and oxygen atoms in total. The number of aryl methyl sites for hydroxylation is 2. The summed E-state index contributed by atoms with van der Waals surface area (Å²) in [7, 11) is 2.02. The number of hydrogen-bond donors (Lipinski definition) is 2. The van der Waals surface area contributed by atoms with E-state index >= 15 is 4.39 Å². The van der Waals surface area contributed by atoms with Crippen LogP contribution in [0.25, 0.3) is 22.3 Å². The fraction of sp³-hybridized carbons (Fsp3) is 0.474. The van der Waals surface area contributed by atoms with E-state index < -0.39 is 17.4 Å². The lowest BCUT2D eigenvalue weighted by molar-refractivity contribution is -0.136. The molecule has 3 aromatic heterocycles. The quantitative estimate of drug-likeness (QED) is 0.149. The third-order valence-electron chi connectivity index (χ3n) is 17.1. The lowest BCUT2D eigenvalue weighted by Crippen LogP contribution is -2.55. The fourth-order valence-electron chi connectivity index (χ4n) is 12.8. The molecule has 382 valence electrons. The van der Waals surface area contributed by atoms with Crippen LogP contribution in [0.5, 0.6) is 0 Å². The van der Waals surface area contributed by atoms with E-state index in [0.717, 1.165) is 120 Å². The van der Waals surface area contributed by atoms with Gasteiger partial charge in [-0.05, 0) is 131 Å². The molecule has 6 aliphatic rings. The molecule has 6 aliphatic heterocycles. The van der Waals surface area contributed by atoms with Gasteiger partial charge in [-0.25, -0.2) is 9.37 Å². The molecule has 0 aliphatic carbocycles. The number of likely N-dealkylation sites (tertiary alicyclic amines) is 1. The molecule has 3 atom stereocenters. The van der Waals surface area contributed by atoms with E-state index in [2.05, 4.69) is 68.0 Å². The molecule has 73 heavy (non-hydrogen) atoms. The van der Waals surface area contributed by atoms with Gasteiger partial charge < -0.3 is 14.8 Å². The molecule has 4 amide bonds. The molecule has 2 aromatic carbocycles. The molecule has 3 fully saturated rings. The number of nitrogens with zero attached hydrogens (tertiary/aromatic N) is 8. The number of carbonyl (C=O) groups is 4. The average Bonchev–Trinajstić information content (AvgIpc) is 4.06. The van der Waals surface area contributed by atoms with Crippen molar-refractivity contribution in [1.82, 2.24) is 39.0 Å². The van der Waals surface area contributed by atoms with Crippen molar-refractivity contribution in [2.24, 2.45) is 13.0 Å². The predicted molar refractivity (Wildman–Crippen MR) is 280 cm³/mol. The number of hydrogen-bond acceptors (Lipinski definition) is 10. The van der Waals surface area contributed by atoms with Gasteiger partial charge in [0.05, 0.1) is 11.1 Å². The van der Waals surface area contributed by atoms with Crippen LogP contribution in [-0.4, -0.2) is 128 Å². The van der Waals surface area contributed by atoms with Crippen molar-refractivity contribution in [3.63, 3.8) is 0 Å². The minimum Gasteiger partial charge on any atom is -0.384 e. The van der Waals surface area contributed by atoms with E-state index in [1.54, 1.807) is 15.7 Å². The zero-order valence-electron chi connectivity index (χ0n) is 43.0. The summed E-state index contributed by atoms with van der Waals surface area (Å²) in [5.74, 6) is -0.821. The minimum atomic E-state index is -0.782. The largest absolute Gasteiger partial charge is 0.384 e. The highest BCUT2D eigenvalue weighted by Gasteiger charge is 2.49. The van der Waals surface area contributed by atoms with Crippen molar-refractivity contribution >= 4 is 51.6 Å². The summed E-state index contributed by atoms with van der Waals surface area (Å²) in [5, 5.41) is 6.63. The standard InChI is InChI=1S/C57H67FN10O5/c1-34-27-40(29-44(58)51(34)39-15-22-64(23-16-39)36(3)49-30-42-46(12-19-60-52(42)62(49)6)67-24-17-45-41(55(67)72)11-18-59-45)54(71)65-20-13-37(14-21-65)33-66-26-25-63(31-35(66)2)32-38-7-8-47-43(28-38)57(4,5)56(73)68(47)48-9-10-50(69)61-53(48)70/h7-8,12,15,17,19,24,27-30,35-37,48,59H,9-11,13-14,16,18,20-23,25-26,31-33H2,1-6H3,(H,61,69,70)/t35-,36-,48?/m0/s1. The van der Waals surface area contributed by atoms with Gasteiger partial charge >= 0.3 is 0 Å². The highest BCUT2D eigenvalue weighted by atomic mass is 19.1. The number of benzene rings is 2. The maximum Gasteiger partial charge on any atom is 0.260 e. The van der Waals surface area contributed by atoms with Gasteiger partial charge in [-0.3, -0.25) is 53.5 Å². The molecule has 1 unspecified atom stereocenters. The number of nitrogens with one attached hydrogen (secondary N) is 2. The van der Waals surface area contributed by atoms with E-state index in [4.69, 9.17) is 4.98 Å². The van der Waals surface area contributed by atoms with Gasteiger partial charge in [-0.2, -0.15) is 0 Å². The second-order valence-corrected chi connectivity index (χ2v) is 22.0. The Labute approximate surface area is 426 Å². The zero-order valence-corrected chi connectivity index (χ0v) is 43.0. The number of carbonyl (C=O) groups excluding carboxylic acids is 4. The number of amides is 4. The highest BCUT2D eigenvalue weighted by molar-refractivity contribution is 6.13. The molecular formula is C57H67FN10O5. The van der Waals surface area contributed by atoms with E-state index in [1.807, 2.05) is 63.2 Å². The summed E-state index contributed by atoms with van der Waals surface area (Å²) >= 11 is 0. The van der Waals surface area contributed by atoms with Crippen LogP contribution in [0.3, 0.4) is 0 Å². The van der Waals surface area contributed by atoms with Crippen LogP contribution >= 0.6 is 0 Å². The smallest absolute Gasteiger partial charge is 0.260 e. The van der Waals surface area contributed by atoms with Gasteiger partial charge in [0.15, 0.2) is 0 Å². The third kappa shape index (κ3) is 8.78. The van der Waals surface area contributed by atoms with Crippen LogP contribution < -0.4 is 21.1 Å². The van der Waals surface area contributed by atoms with Crippen molar-refractivity contribution < 1.29 is 23.6 Å². The lowest BCUT2D eigenvalue weighted by atomic mass is 9.85. The number of piperazine rings is 1. The number of fused-ring (bicyclic) bond motifs is 3. The Morgan fingerprint density at radius 3 is 2.48 bits per heavy atom. The molecule has 3 saturated heterocycles. The van der Waals surface area contributed by atoms with Gasteiger partial charge in [0.2, 0.25) is 17.7 Å². The molecule has 9 heterocycles. The number of piperidine rings is 2. The monoisotopic (exact) mass is 991 g/mol. The molecule has 11 rings (SSSR count). The van der Waals surface area contributed by atoms with Crippen molar-refractivity contribution in [2.75, 3.05) is 69.1 Å². The summed E-state index contributed by atoms with van der Waals surface area (Å²) in [4.78, 5) is 81.3. The number of anilines is 2. The molecule has 0 radical (unpaired) electrons. The number of imide groups is 1. The van der Waals surface area contributed by atoms with Crippen LogP contribution in [0.1, 0.15) is 110 Å². The van der Waals surface area contributed by atoms with Gasteiger partial charge in [0, 0.05) is 143 Å². The first-order chi connectivity index (χ1) is 35.0. The van der Waals surface area contributed by atoms with E-state index in [0.29, 0.717) is 62.0 Å². The van der Waals surface area contributed by atoms with Crippen LogP contribution in [-0.2, 0) is 39.8 Å². The zero-order chi connectivity index (χ0) is 51.0. The van der Waals surface area contributed by atoms with Crippen molar-refractivity contribution in [1.29, 1.82) is 0 Å². The van der Waals surface area contributed by atoms with Crippen molar-refractivity contribution in [3.05, 3.63) is 122 Å². The summed E-state index contributed by atoms with van der Waals surface area (Å²) in [6.45, 7) is 18.2. The SMILES string of the molecule is Cc1cc(C(=O)N2CCC(CN3CCN(Cc4ccc5c(c4)C(C)(C)C(=O)N5C4CCC(=O)NC4=O)C[C@@H]3C)CC2)cc(F)c1C1=CCN([C@@H](C)c2cc3c(-n4ccc5c(c4=O)CCN5)ccnc3n2C)CC1. The molecule has 2 N–H and O–H groups in total. The Bertz CT molecular complexity index is 3140. The minimum absolute atomic E-state index is 0.00253.